The van der Waals surface area contributed by atoms with E-state index in [1.807, 2.05) is 0 Å². The number of carbonyl (C=O) groups excluding carboxylic acids is 1. The second kappa shape index (κ2) is 5.24. The highest BCUT2D eigenvalue weighted by atomic mass is 35.5. The van der Waals surface area contributed by atoms with Gasteiger partial charge in [-0.1, -0.05) is 11.6 Å². The van der Waals surface area contributed by atoms with Gasteiger partial charge in [0.05, 0.1) is 10.6 Å². The van der Waals surface area contributed by atoms with Crippen molar-refractivity contribution in [2.45, 2.75) is 13.3 Å². The summed E-state index contributed by atoms with van der Waals surface area (Å²) in [5.41, 5.74) is 6.26. The van der Waals surface area contributed by atoms with Gasteiger partial charge in [0.15, 0.2) is 0 Å². The third kappa shape index (κ3) is 2.49. The first-order valence-electron chi connectivity index (χ1n) is 5.98. The van der Waals surface area contributed by atoms with Crippen LogP contribution in [0.4, 0.5) is 4.39 Å². The number of aryl methyl sites for hydroxylation is 1. The van der Waals surface area contributed by atoms with Gasteiger partial charge < -0.3 is 10.6 Å². The van der Waals surface area contributed by atoms with Gasteiger partial charge in [-0.3, -0.25) is 4.79 Å². The van der Waals surface area contributed by atoms with Gasteiger partial charge >= 0.3 is 0 Å². The van der Waals surface area contributed by atoms with Crippen LogP contribution in [-0.4, -0.2) is 30.4 Å². The van der Waals surface area contributed by atoms with Crippen LogP contribution in [0.3, 0.4) is 0 Å². The molecule has 1 aliphatic heterocycles. The molecule has 0 aliphatic carbocycles. The zero-order valence-electron chi connectivity index (χ0n) is 10.2. The van der Waals surface area contributed by atoms with Crippen molar-refractivity contribution in [3.05, 3.63) is 34.1 Å². The molecule has 0 bridgehead atoms. The summed E-state index contributed by atoms with van der Waals surface area (Å²) in [4.78, 5) is 13.9. The fraction of sp³-hybridized carbons (Fsp3) is 0.462. The number of benzene rings is 1. The quantitative estimate of drug-likeness (QED) is 0.896. The first kappa shape index (κ1) is 13.3. The highest BCUT2D eigenvalue weighted by Crippen LogP contribution is 2.24. The fourth-order valence-corrected chi connectivity index (χ4v) is 2.49. The molecule has 1 amide bonds. The smallest absolute Gasteiger partial charge is 0.255 e. The molecule has 1 aliphatic rings. The molecule has 1 aromatic rings. The van der Waals surface area contributed by atoms with E-state index in [0.717, 1.165) is 6.42 Å². The molecule has 2 N–H and O–H groups in total. The molecular formula is C13H16ClFN2O. The monoisotopic (exact) mass is 270 g/mol. The minimum absolute atomic E-state index is 0.213. The van der Waals surface area contributed by atoms with Crippen LogP contribution in [0.15, 0.2) is 12.1 Å². The summed E-state index contributed by atoms with van der Waals surface area (Å²) in [6.07, 6.45) is 0.897. The number of rotatable bonds is 2. The number of hydrogen-bond acceptors (Lipinski definition) is 2. The summed E-state index contributed by atoms with van der Waals surface area (Å²) in [6.45, 7) is 3.48. The number of amides is 1. The molecule has 1 unspecified atom stereocenters. The van der Waals surface area contributed by atoms with Crippen LogP contribution in [0.2, 0.25) is 5.02 Å². The van der Waals surface area contributed by atoms with E-state index >= 15 is 0 Å². The SMILES string of the molecule is Cc1cc(Cl)c(C(=O)N2CCC(CN)C2)cc1F. The van der Waals surface area contributed by atoms with Gasteiger partial charge in [-0.2, -0.15) is 0 Å². The Balaban J connectivity index is 2.22. The lowest BCUT2D eigenvalue weighted by molar-refractivity contribution is 0.0787. The van der Waals surface area contributed by atoms with Gasteiger partial charge in [0, 0.05) is 13.1 Å². The van der Waals surface area contributed by atoms with Crippen molar-refractivity contribution in [2.75, 3.05) is 19.6 Å². The molecule has 0 aromatic heterocycles. The third-order valence-electron chi connectivity index (χ3n) is 3.39. The Labute approximate surface area is 111 Å². The topological polar surface area (TPSA) is 46.3 Å². The van der Waals surface area contributed by atoms with Crippen molar-refractivity contribution < 1.29 is 9.18 Å². The zero-order valence-corrected chi connectivity index (χ0v) is 11.0. The first-order chi connectivity index (χ1) is 8.52. The molecule has 0 spiro atoms. The van der Waals surface area contributed by atoms with Crippen LogP contribution in [0.1, 0.15) is 22.3 Å². The molecule has 1 heterocycles. The van der Waals surface area contributed by atoms with Crippen LogP contribution in [0.25, 0.3) is 0 Å². The van der Waals surface area contributed by atoms with E-state index in [1.165, 1.54) is 12.1 Å². The van der Waals surface area contributed by atoms with Crippen molar-refractivity contribution in [1.82, 2.24) is 4.90 Å². The largest absolute Gasteiger partial charge is 0.338 e. The number of nitrogens with zero attached hydrogens (tertiary/aromatic N) is 1. The maximum absolute atomic E-state index is 13.5. The molecule has 5 heteroatoms. The van der Waals surface area contributed by atoms with Crippen molar-refractivity contribution >= 4 is 17.5 Å². The maximum atomic E-state index is 13.5. The molecule has 0 radical (unpaired) electrons. The molecule has 0 saturated carbocycles. The minimum atomic E-state index is -0.405. The van der Waals surface area contributed by atoms with Gasteiger partial charge in [0.1, 0.15) is 5.82 Å². The van der Waals surface area contributed by atoms with Gasteiger partial charge in [-0.15, -0.1) is 0 Å². The normalized spacial score (nSPS) is 19.3. The summed E-state index contributed by atoms with van der Waals surface area (Å²) in [5, 5.41) is 0.301. The Morgan fingerprint density at radius 1 is 1.61 bits per heavy atom. The average Bonchev–Trinajstić information content (AvgIpc) is 2.81. The van der Waals surface area contributed by atoms with E-state index in [-0.39, 0.29) is 11.5 Å². The van der Waals surface area contributed by atoms with Gasteiger partial charge in [0.2, 0.25) is 0 Å². The molecule has 1 saturated heterocycles. The Morgan fingerprint density at radius 2 is 2.33 bits per heavy atom. The molecule has 1 fully saturated rings. The van der Waals surface area contributed by atoms with Crippen LogP contribution in [-0.2, 0) is 0 Å². The minimum Gasteiger partial charge on any atom is -0.338 e. The average molecular weight is 271 g/mol. The second-order valence-electron chi connectivity index (χ2n) is 4.72. The summed E-state index contributed by atoms with van der Waals surface area (Å²) >= 11 is 6.01. The summed E-state index contributed by atoms with van der Waals surface area (Å²) in [7, 11) is 0. The van der Waals surface area contributed by atoms with E-state index in [0.29, 0.717) is 36.1 Å². The van der Waals surface area contributed by atoms with Crippen molar-refractivity contribution in [3.8, 4) is 0 Å². The van der Waals surface area contributed by atoms with E-state index < -0.39 is 5.82 Å². The molecule has 2 rings (SSSR count). The number of nitrogens with two attached hydrogens (primary N) is 1. The van der Waals surface area contributed by atoms with E-state index in [4.69, 9.17) is 17.3 Å². The van der Waals surface area contributed by atoms with Gasteiger partial charge in [0.25, 0.3) is 5.91 Å². The van der Waals surface area contributed by atoms with Crippen LogP contribution < -0.4 is 5.73 Å². The molecule has 18 heavy (non-hydrogen) atoms. The molecule has 98 valence electrons. The Morgan fingerprint density at radius 3 is 2.94 bits per heavy atom. The molecular weight excluding hydrogens is 255 g/mol. The van der Waals surface area contributed by atoms with Crippen LogP contribution >= 0.6 is 11.6 Å². The first-order valence-corrected chi connectivity index (χ1v) is 6.35. The van der Waals surface area contributed by atoms with Crippen molar-refractivity contribution in [3.63, 3.8) is 0 Å². The van der Waals surface area contributed by atoms with Crippen LogP contribution in [0, 0.1) is 18.7 Å². The van der Waals surface area contributed by atoms with E-state index in [2.05, 4.69) is 0 Å². The third-order valence-corrected chi connectivity index (χ3v) is 3.70. The second-order valence-corrected chi connectivity index (χ2v) is 5.13. The summed E-state index contributed by atoms with van der Waals surface area (Å²) in [6, 6.07) is 2.70. The number of halogens is 2. The van der Waals surface area contributed by atoms with Gasteiger partial charge in [-0.05, 0) is 43.5 Å². The molecule has 1 atom stereocenters. The predicted molar refractivity (Wildman–Crippen MR) is 69.2 cm³/mol. The van der Waals surface area contributed by atoms with E-state index in [9.17, 15) is 9.18 Å². The lowest BCUT2D eigenvalue weighted by atomic mass is 10.1. The lowest BCUT2D eigenvalue weighted by Crippen LogP contribution is -2.30. The standard InChI is InChI=1S/C13H16ClFN2O/c1-8-4-11(14)10(5-12(8)15)13(18)17-3-2-9(6-16)7-17/h4-5,9H,2-3,6-7,16H2,1H3. The zero-order chi connectivity index (χ0) is 13.3. The number of hydrogen-bond donors (Lipinski definition) is 1. The van der Waals surface area contributed by atoms with E-state index in [1.54, 1.807) is 11.8 Å². The molecule has 3 nitrogen and oxygen atoms in total. The predicted octanol–water partition coefficient (Wildman–Crippen LogP) is 2.21. The molecule has 1 aromatic carbocycles. The summed E-state index contributed by atoms with van der Waals surface area (Å²) in [5.74, 6) is -0.282. The number of likely N-dealkylation sites (tertiary alicyclic amines) is 1. The Bertz CT molecular complexity index is 478. The lowest BCUT2D eigenvalue weighted by Gasteiger charge is -2.17. The van der Waals surface area contributed by atoms with Crippen LogP contribution in [0.5, 0.6) is 0 Å². The number of carbonyl (C=O) groups is 1. The maximum Gasteiger partial charge on any atom is 0.255 e. The fourth-order valence-electron chi connectivity index (χ4n) is 2.19. The highest BCUT2D eigenvalue weighted by Gasteiger charge is 2.27. The van der Waals surface area contributed by atoms with Gasteiger partial charge in [-0.25, -0.2) is 4.39 Å². The highest BCUT2D eigenvalue weighted by molar-refractivity contribution is 6.33. The Kier molecular flexibility index (Phi) is 3.88. The van der Waals surface area contributed by atoms with Crippen molar-refractivity contribution in [2.24, 2.45) is 11.7 Å². The van der Waals surface area contributed by atoms with Crippen molar-refractivity contribution in [1.29, 1.82) is 0 Å². The summed E-state index contributed by atoms with van der Waals surface area (Å²) < 4.78 is 13.5. The Hall–Kier alpha value is -1.13.